The summed E-state index contributed by atoms with van der Waals surface area (Å²) < 4.78 is 0. The number of carboxylic acid groups (broad SMARTS) is 1. The molecule has 0 heterocycles. The van der Waals surface area contributed by atoms with Crippen LogP contribution >= 0.6 is 11.6 Å². The van der Waals surface area contributed by atoms with Gasteiger partial charge in [0.15, 0.2) is 0 Å². The van der Waals surface area contributed by atoms with E-state index in [0.29, 0.717) is 5.70 Å². The van der Waals surface area contributed by atoms with Crippen molar-refractivity contribution in [2.75, 3.05) is 20.5 Å². The fourth-order valence-electron chi connectivity index (χ4n) is 1.42. The quantitative estimate of drug-likeness (QED) is 0.588. The molecule has 0 aliphatic carbocycles. The molecule has 0 aliphatic heterocycles. The van der Waals surface area contributed by atoms with Gasteiger partial charge in [-0.1, -0.05) is 20.3 Å². The summed E-state index contributed by atoms with van der Waals surface area (Å²) in [5.41, 5.74) is 1.48. The van der Waals surface area contributed by atoms with Crippen LogP contribution in [0.25, 0.3) is 0 Å². The van der Waals surface area contributed by atoms with E-state index in [2.05, 4.69) is 18.5 Å². The number of carboxylic acids is 1. The van der Waals surface area contributed by atoms with E-state index >= 15 is 0 Å². The summed E-state index contributed by atoms with van der Waals surface area (Å²) in [7, 11) is 3.55. The Balaban J connectivity index is 0. The summed E-state index contributed by atoms with van der Waals surface area (Å²) in [6, 6.07) is 0. The molecule has 0 spiro atoms. The molecule has 0 unspecified atom stereocenters. The third kappa shape index (κ3) is 6.39. The van der Waals surface area contributed by atoms with E-state index in [1.54, 1.807) is 19.0 Å². The van der Waals surface area contributed by atoms with Crippen molar-refractivity contribution < 1.29 is 9.90 Å². The lowest BCUT2D eigenvalue weighted by atomic mass is 10.1. The highest BCUT2D eigenvalue weighted by atomic mass is 35.5. The molecule has 0 saturated heterocycles. The number of halogens is 1. The molecule has 0 saturated carbocycles. The van der Waals surface area contributed by atoms with Gasteiger partial charge in [0.2, 0.25) is 0 Å². The predicted molar refractivity (Wildman–Crippen MR) is 65.3 cm³/mol. The highest BCUT2D eigenvalue weighted by molar-refractivity contribution is 6.15. The van der Waals surface area contributed by atoms with Crippen LogP contribution in [0, 0.1) is 0 Å². The van der Waals surface area contributed by atoms with Crippen molar-refractivity contribution in [3.8, 4) is 0 Å². The van der Waals surface area contributed by atoms with Crippen molar-refractivity contribution >= 4 is 17.6 Å². The standard InChI is InChI=1S/C10H19NO2.CH3Cl/c1-5-7-8(6-2)9(10(12)13)11(3)4;1-2/h5-7H2,1-4H3,(H,12,13);1H3/b9-8-;. The van der Waals surface area contributed by atoms with E-state index < -0.39 is 5.97 Å². The summed E-state index contributed by atoms with van der Waals surface area (Å²) in [6.45, 7) is 4.06. The van der Waals surface area contributed by atoms with E-state index in [-0.39, 0.29) is 0 Å². The lowest BCUT2D eigenvalue weighted by molar-refractivity contribution is -0.134. The molecule has 0 atom stereocenters. The zero-order chi connectivity index (χ0) is 12.4. The van der Waals surface area contributed by atoms with E-state index in [4.69, 9.17) is 5.11 Å². The zero-order valence-electron chi connectivity index (χ0n) is 10.3. The lowest BCUT2D eigenvalue weighted by Crippen LogP contribution is -2.21. The minimum absolute atomic E-state index is 0.448. The van der Waals surface area contributed by atoms with Crippen molar-refractivity contribution in [2.24, 2.45) is 0 Å². The SMILES string of the molecule is CCC/C(CC)=C(/C(=O)O)N(C)C.CCl. The highest BCUT2D eigenvalue weighted by Crippen LogP contribution is 2.16. The largest absolute Gasteiger partial charge is 0.477 e. The second-order valence-corrected chi connectivity index (χ2v) is 3.26. The van der Waals surface area contributed by atoms with Gasteiger partial charge in [-0.05, 0) is 18.4 Å². The molecule has 3 nitrogen and oxygen atoms in total. The molecule has 90 valence electrons. The van der Waals surface area contributed by atoms with Crippen LogP contribution in [0.3, 0.4) is 0 Å². The Hall–Kier alpha value is -0.700. The van der Waals surface area contributed by atoms with Crippen molar-refractivity contribution in [3.63, 3.8) is 0 Å². The number of alkyl halides is 1. The Labute approximate surface area is 97.7 Å². The molecule has 0 bridgehead atoms. The molecular weight excluding hydrogens is 214 g/mol. The Bertz CT molecular complexity index is 213. The van der Waals surface area contributed by atoms with Gasteiger partial charge in [-0.3, -0.25) is 0 Å². The van der Waals surface area contributed by atoms with Crippen LogP contribution < -0.4 is 0 Å². The average Bonchev–Trinajstić information content (AvgIpc) is 2.19. The zero-order valence-corrected chi connectivity index (χ0v) is 11.1. The number of likely N-dealkylation sites (N-methyl/N-ethyl adjacent to an activating group) is 1. The summed E-state index contributed by atoms with van der Waals surface area (Å²) in [6.07, 6.45) is 4.15. The van der Waals surface area contributed by atoms with Crippen LogP contribution in [0.15, 0.2) is 11.3 Å². The molecule has 1 N–H and O–H groups in total. The molecule has 15 heavy (non-hydrogen) atoms. The highest BCUT2D eigenvalue weighted by Gasteiger charge is 2.14. The summed E-state index contributed by atoms with van der Waals surface area (Å²) in [4.78, 5) is 12.6. The first-order chi connectivity index (χ1) is 7.04. The van der Waals surface area contributed by atoms with Gasteiger partial charge in [-0.25, -0.2) is 4.79 Å². The van der Waals surface area contributed by atoms with Crippen molar-refractivity contribution in [2.45, 2.75) is 33.1 Å². The third-order valence-corrected chi connectivity index (χ3v) is 1.96. The fourth-order valence-corrected chi connectivity index (χ4v) is 1.42. The number of aliphatic carboxylic acids is 1. The Morgan fingerprint density at radius 2 is 1.73 bits per heavy atom. The Morgan fingerprint density at radius 3 is 1.93 bits per heavy atom. The average molecular weight is 236 g/mol. The second-order valence-electron chi connectivity index (χ2n) is 3.26. The third-order valence-electron chi connectivity index (χ3n) is 1.96. The first kappa shape index (κ1) is 16.7. The normalized spacial score (nSPS) is 11.1. The Kier molecular flexibility index (Phi) is 11.0. The van der Waals surface area contributed by atoms with Gasteiger partial charge in [0.1, 0.15) is 5.70 Å². The van der Waals surface area contributed by atoms with Crippen LogP contribution in [0.1, 0.15) is 33.1 Å². The maximum Gasteiger partial charge on any atom is 0.352 e. The minimum Gasteiger partial charge on any atom is -0.477 e. The summed E-state index contributed by atoms with van der Waals surface area (Å²) in [5.74, 6) is -0.824. The van der Waals surface area contributed by atoms with Gasteiger partial charge in [0.05, 0.1) is 0 Å². The molecule has 0 fully saturated rings. The molecule has 0 aromatic heterocycles. The van der Waals surface area contributed by atoms with E-state index in [9.17, 15) is 4.79 Å². The summed E-state index contributed by atoms with van der Waals surface area (Å²) in [5, 5.41) is 8.97. The Morgan fingerprint density at radius 1 is 1.27 bits per heavy atom. The smallest absolute Gasteiger partial charge is 0.352 e. The van der Waals surface area contributed by atoms with Gasteiger partial charge >= 0.3 is 5.97 Å². The number of carbonyl (C=O) groups is 1. The number of allylic oxidation sites excluding steroid dienone is 1. The number of hydrogen-bond acceptors (Lipinski definition) is 2. The second kappa shape index (κ2) is 9.84. The maximum atomic E-state index is 10.9. The topological polar surface area (TPSA) is 40.5 Å². The molecule has 0 aliphatic rings. The monoisotopic (exact) mass is 235 g/mol. The van der Waals surface area contributed by atoms with Gasteiger partial charge < -0.3 is 10.0 Å². The number of hydrogen-bond donors (Lipinski definition) is 1. The summed E-state index contributed by atoms with van der Waals surface area (Å²) >= 11 is 4.64. The van der Waals surface area contributed by atoms with Crippen LogP contribution in [0.4, 0.5) is 0 Å². The molecular formula is C11H22ClNO2. The van der Waals surface area contributed by atoms with Crippen LogP contribution in [0.5, 0.6) is 0 Å². The molecule has 0 aromatic carbocycles. The first-order valence-corrected chi connectivity index (χ1v) is 5.80. The molecule has 4 heteroatoms. The number of rotatable bonds is 5. The van der Waals surface area contributed by atoms with Crippen LogP contribution in [-0.2, 0) is 4.79 Å². The minimum atomic E-state index is -0.824. The van der Waals surface area contributed by atoms with Crippen LogP contribution in [0.2, 0.25) is 0 Å². The molecule has 0 rings (SSSR count). The van der Waals surface area contributed by atoms with Crippen molar-refractivity contribution in [1.29, 1.82) is 0 Å². The van der Waals surface area contributed by atoms with Gasteiger partial charge in [-0.15, -0.1) is 11.6 Å². The van der Waals surface area contributed by atoms with Gasteiger partial charge in [0, 0.05) is 20.5 Å². The molecule has 0 aromatic rings. The van der Waals surface area contributed by atoms with Gasteiger partial charge in [-0.2, -0.15) is 0 Å². The van der Waals surface area contributed by atoms with Crippen molar-refractivity contribution in [1.82, 2.24) is 4.90 Å². The fraction of sp³-hybridized carbons (Fsp3) is 0.727. The first-order valence-electron chi connectivity index (χ1n) is 5.05. The van der Waals surface area contributed by atoms with E-state index in [1.165, 1.54) is 6.38 Å². The lowest BCUT2D eigenvalue weighted by Gasteiger charge is -2.17. The maximum absolute atomic E-state index is 10.9. The predicted octanol–water partition coefficient (Wildman–Crippen LogP) is 2.95. The van der Waals surface area contributed by atoms with Gasteiger partial charge in [0.25, 0.3) is 0 Å². The number of nitrogens with zero attached hydrogens (tertiary/aromatic N) is 1. The molecule has 0 amide bonds. The van der Waals surface area contributed by atoms with Crippen molar-refractivity contribution in [3.05, 3.63) is 11.3 Å². The van der Waals surface area contributed by atoms with E-state index in [0.717, 1.165) is 24.8 Å². The van der Waals surface area contributed by atoms with Crippen LogP contribution in [-0.4, -0.2) is 36.5 Å². The molecule has 0 radical (unpaired) electrons. The van der Waals surface area contributed by atoms with E-state index in [1.807, 2.05) is 6.92 Å².